The zero-order chi connectivity index (χ0) is 38.2. The largest absolute Gasteiger partial charge is 0.309 e. The summed E-state index contributed by atoms with van der Waals surface area (Å²) in [5.41, 5.74) is 11.9. The first-order chi connectivity index (χ1) is 28.8. The summed E-state index contributed by atoms with van der Waals surface area (Å²) in [5, 5.41) is 7.76. The zero-order valence-corrected chi connectivity index (χ0v) is 33.0. The van der Waals surface area contributed by atoms with Crippen LogP contribution in [0.2, 0.25) is 0 Å². The number of anilines is 3. The molecule has 0 aliphatic rings. The molecule has 0 aliphatic carbocycles. The Balaban J connectivity index is 0.941. The molecule has 3 heterocycles. The van der Waals surface area contributed by atoms with Crippen LogP contribution in [0.3, 0.4) is 0 Å². The van der Waals surface area contributed by atoms with Crippen molar-refractivity contribution in [2.75, 3.05) is 4.90 Å². The average molecular weight is 775 g/mol. The molecule has 58 heavy (non-hydrogen) atoms. The van der Waals surface area contributed by atoms with Gasteiger partial charge >= 0.3 is 0 Å². The topological polar surface area (TPSA) is 8.17 Å². The van der Waals surface area contributed by atoms with Crippen molar-refractivity contribution in [3.63, 3.8) is 0 Å². The molecule has 0 amide bonds. The summed E-state index contributed by atoms with van der Waals surface area (Å²) >= 11 is 3.74. The SMILES string of the molecule is c1ccc(-n2c3ccccc3c3ccccc32)c(-c2ccc(-c3ccc(N(c4ccc5c(c4)sc4ccccc45)c4cccc5c4sc4ccccc45)cc3)cc2)c1. The van der Waals surface area contributed by atoms with Crippen LogP contribution in [0.5, 0.6) is 0 Å². The van der Waals surface area contributed by atoms with Crippen molar-refractivity contribution in [3.05, 3.63) is 206 Å². The van der Waals surface area contributed by atoms with Gasteiger partial charge in [0.15, 0.2) is 0 Å². The van der Waals surface area contributed by atoms with Crippen LogP contribution in [0, 0.1) is 0 Å². The Morgan fingerprint density at radius 1 is 0.345 bits per heavy atom. The van der Waals surface area contributed by atoms with Gasteiger partial charge in [-0.3, -0.25) is 0 Å². The van der Waals surface area contributed by atoms with Crippen LogP contribution >= 0.6 is 22.7 Å². The van der Waals surface area contributed by atoms with Gasteiger partial charge in [-0.2, -0.15) is 0 Å². The van der Waals surface area contributed by atoms with Crippen molar-refractivity contribution in [2.24, 2.45) is 0 Å². The Kier molecular flexibility index (Phi) is 7.62. The van der Waals surface area contributed by atoms with Crippen LogP contribution in [0.4, 0.5) is 17.1 Å². The molecule has 0 radical (unpaired) electrons. The molecule has 0 fully saturated rings. The van der Waals surface area contributed by atoms with Crippen molar-refractivity contribution in [1.29, 1.82) is 0 Å². The van der Waals surface area contributed by atoms with Gasteiger partial charge in [0.25, 0.3) is 0 Å². The van der Waals surface area contributed by atoms with E-state index >= 15 is 0 Å². The van der Waals surface area contributed by atoms with Crippen molar-refractivity contribution < 1.29 is 0 Å². The van der Waals surface area contributed by atoms with Gasteiger partial charge in [-0.1, -0.05) is 146 Å². The van der Waals surface area contributed by atoms with Gasteiger partial charge in [0.1, 0.15) is 0 Å². The van der Waals surface area contributed by atoms with Crippen LogP contribution in [-0.4, -0.2) is 4.57 Å². The van der Waals surface area contributed by atoms with E-state index in [2.05, 4.69) is 216 Å². The molecule has 12 rings (SSSR count). The zero-order valence-electron chi connectivity index (χ0n) is 31.3. The lowest BCUT2D eigenvalue weighted by Gasteiger charge is -2.26. The van der Waals surface area contributed by atoms with Gasteiger partial charge in [0.2, 0.25) is 0 Å². The molecule has 0 atom stereocenters. The van der Waals surface area contributed by atoms with Gasteiger partial charge in [0.05, 0.1) is 27.1 Å². The fourth-order valence-corrected chi connectivity index (χ4v) is 11.3. The molecule has 272 valence electrons. The maximum Gasteiger partial charge on any atom is 0.0640 e. The van der Waals surface area contributed by atoms with Crippen LogP contribution in [0.1, 0.15) is 0 Å². The van der Waals surface area contributed by atoms with Gasteiger partial charge in [-0.05, 0) is 77.4 Å². The number of hydrogen-bond donors (Lipinski definition) is 0. The molecule has 0 unspecified atom stereocenters. The minimum atomic E-state index is 1.13. The van der Waals surface area contributed by atoms with Gasteiger partial charge in [-0.15, -0.1) is 22.7 Å². The summed E-state index contributed by atoms with van der Waals surface area (Å²) in [4.78, 5) is 2.44. The van der Waals surface area contributed by atoms with Gasteiger partial charge in [-0.25, -0.2) is 0 Å². The third kappa shape index (κ3) is 5.23. The maximum atomic E-state index is 2.44. The third-order valence-corrected chi connectivity index (χ3v) is 14.0. The minimum Gasteiger partial charge on any atom is -0.309 e. The molecule has 3 aromatic heterocycles. The summed E-state index contributed by atoms with van der Waals surface area (Å²) in [6, 6.07) is 75.6. The van der Waals surface area contributed by atoms with E-state index in [1.807, 2.05) is 22.7 Å². The van der Waals surface area contributed by atoms with Crippen LogP contribution in [-0.2, 0) is 0 Å². The Labute approximate surface area is 343 Å². The first kappa shape index (κ1) is 33.2. The van der Waals surface area contributed by atoms with E-state index < -0.39 is 0 Å². The number of para-hydroxylation sites is 3. The van der Waals surface area contributed by atoms with Gasteiger partial charge < -0.3 is 9.47 Å². The highest BCUT2D eigenvalue weighted by Crippen LogP contribution is 2.46. The molecule has 2 nitrogen and oxygen atoms in total. The molecule has 0 bridgehead atoms. The van der Waals surface area contributed by atoms with Crippen molar-refractivity contribution in [1.82, 2.24) is 4.57 Å². The molecule has 0 N–H and O–H groups in total. The van der Waals surface area contributed by atoms with E-state index in [1.165, 1.54) is 95.8 Å². The monoisotopic (exact) mass is 774 g/mol. The molecule has 9 aromatic carbocycles. The first-order valence-electron chi connectivity index (χ1n) is 19.7. The fourth-order valence-electron chi connectivity index (χ4n) is 8.93. The summed E-state index contributed by atoms with van der Waals surface area (Å²) in [6.07, 6.45) is 0. The second kappa shape index (κ2) is 13.3. The third-order valence-electron chi connectivity index (χ3n) is 11.6. The van der Waals surface area contributed by atoms with Crippen LogP contribution in [0.15, 0.2) is 206 Å². The summed E-state index contributed by atoms with van der Waals surface area (Å²) in [6.45, 7) is 0. The van der Waals surface area contributed by atoms with E-state index in [-0.39, 0.29) is 0 Å². The average Bonchev–Trinajstić information content (AvgIpc) is 3.97. The fraction of sp³-hybridized carbons (Fsp3) is 0. The molecule has 0 saturated carbocycles. The second-order valence-electron chi connectivity index (χ2n) is 14.9. The second-order valence-corrected chi connectivity index (χ2v) is 17.0. The quantitative estimate of drug-likeness (QED) is 0.163. The maximum absolute atomic E-state index is 2.44. The van der Waals surface area contributed by atoms with E-state index in [0.29, 0.717) is 0 Å². The number of fused-ring (bicyclic) bond motifs is 9. The Hall–Kier alpha value is -6.98. The van der Waals surface area contributed by atoms with Gasteiger partial charge in [0, 0.05) is 63.4 Å². The molecule has 4 heteroatoms. The van der Waals surface area contributed by atoms with Crippen molar-refractivity contribution >= 4 is 102 Å². The molecular formula is C54H34N2S2. The predicted octanol–water partition coefficient (Wildman–Crippen LogP) is 16.3. The number of aromatic nitrogens is 1. The number of nitrogens with zero attached hydrogens (tertiary/aromatic N) is 2. The van der Waals surface area contributed by atoms with Crippen LogP contribution in [0.25, 0.3) is 90.1 Å². The Bertz CT molecular complexity index is 3460. The summed E-state index contributed by atoms with van der Waals surface area (Å²) < 4.78 is 7.63. The lowest BCUT2D eigenvalue weighted by Crippen LogP contribution is -2.09. The Morgan fingerprint density at radius 2 is 0.862 bits per heavy atom. The predicted molar refractivity (Wildman–Crippen MR) is 252 cm³/mol. The summed E-state index contributed by atoms with van der Waals surface area (Å²) in [5.74, 6) is 0. The van der Waals surface area contributed by atoms with E-state index in [9.17, 15) is 0 Å². The molecule has 0 saturated heterocycles. The Morgan fingerprint density at radius 3 is 1.59 bits per heavy atom. The van der Waals surface area contributed by atoms with E-state index in [0.717, 1.165) is 11.4 Å². The lowest BCUT2D eigenvalue weighted by molar-refractivity contribution is 1.18. The highest BCUT2D eigenvalue weighted by molar-refractivity contribution is 7.26. The molecule has 0 aliphatic heterocycles. The standard InChI is InChI=1S/C54H34N2S2/c1-6-18-47(56-48-19-7-2-13-41(48)42-14-3-8-20-49(42)56)40(12-1)37-26-24-35(25-27-37)36-28-30-38(31-29-36)55(39-32-33-45-43-15-4-9-22-51(43)57-53(45)34-39)50-21-11-17-46-44-16-5-10-23-52(44)58-54(46)50/h1-34H. The van der Waals surface area contributed by atoms with Crippen molar-refractivity contribution in [3.8, 4) is 27.9 Å². The molecule has 0 spiro atoms. The van der Waals surface area contributed by atoms with E-state index in [1.54, 1.807) is 0 Å². The number of hydrogen-bond acceptors (Lipinski definition) is 3. The number of rotatable bonds is 6. The minimum absolute atomic E-state index is 1.13. The van der Waals surface area contributed by atoms with E-state index in [4.69, 9.17) is 0 Å². The highest BCUT2D eigenvalue weighted by atomic mass is 32.1. The molecular weight excluding hydrogens is 741 g/mol. The lowest BCUT2D eigenvalue weighted by atomic mass is 9.98. The number of thiophene rings is 2. The summed E-state index contributed by atoms with van der Waals surface area (Å²) in [7, 11) is 0. The normalized spacial score (nSPS) is 11.8. The highest BCUT2D eigenvalue weighted by Gasteiger charge is 2.20. The van der Waals surface area contributed by atoms with Crippen LogP contribution < -0.4 is 4.90 Å². The first-order valence-corrected chi connectivity index (χ1v) is 21.3. The molecule has 12 aromatic rings. The number of benzene rings is 9. The smallest absolute Gasteiger partial charge is 0.0640 e. The van der Waals surface area contributed by atoms with Crippen molar-refractivity contribution in [2.45, 2.75) is 0 Å².